The second kappa shape index (κ2) is 7.24. The van der Waals surface area contributed by atoms with E-state index >= 15 is 0 Å². The van der Waals surface area contributed by atoms with E-state index in [1.165, 1.54) is 38.2 Å². The number of nitro groups is 1. The van der Waals surface area contributed by atoms with Crippen LogP contribution >= 0.6 is 0 Å². The summed E-state index contributed by atoms with van der Waals surface area (Å²) in [7, 11) is 1.76. The fourth-order valence-corrected chi connectivity index (χ4v) is 3.11. The molecule has 1 aliphatic rings. The first kappa shape index (κ1) is 15.5. The summed E-state index contributed by atoms with van der Waals surface area (Å²) in [6, 6.07) is 3.39. The molecule has 1 unspecified atom stereocenters. The summed E-state index contributed by atoms with van der Waals surface area (Å²) in [5.41, 5.74) is 0.0447. The molecule has 1 saturated carbocycles. The number of rotatable bonds is 6. The third-order valence-electron chi connectivity index (χ3n) is 4.31. The van der Waals surface area contributed by atoms with Crippen LogP contribution in [0, 0.1) is 16.0 Å². The Balaban J connectivity index is 2.20. The number of pyridine rings is 1. The van der Waals surface area contributed by atoms with Gasteiger partial charge in [0.25, 0.3) is 0 Å². The molecule has 1 aromatic rings. The van der Waals surface area contributed by atoms with Crippen molar-refractivity contribution in [2.45, 2.75) is 51.5 Å². The van der Waals surface area contributed by atoms with Gasteiger partial charge in [0.15, 0.2) is 0 Å². The topological polar surface area (TPSA) is 80.1 Å². The summed E-state index contributed by atoms with van der Waals surface area (Å²) < 4.78 is 0. The quantitative estimate of drug-likeness (QED) is 0.615. The second-order valence-electron chi connectivity index (χ2n) is 5.63. The van der Waals surface area contributed by atoms with Gasteiger partial charge in [-0.1, -0.05) is 26.2 Å². The van der Waals surface area contributed by atoms with Gasteiger partial charge in [-0.2, -0.15) is 0 Å². The molecule has 1 aliphatic carbocycles. The Kier molecular flexibility index (Phi) is 5.36. The zero-order valence-corrected chi connectivity index (χ0v) is 12.8. The van der Waals surface area contributed by atoms with Crippen LogP contribution in [-0.4, -0.2) is 23.0 Å². The van der Waals surface area contributed by atoms with Crippen molar-refractivity contribution in [2.75, 3.05) is 17.7 Å². The van der Waals surface area contributed by atoms with Crippen LogP contribution in [0.1, 0.15) is 45.4 Å². The van der Waals surface area contributed by atoms with Gasteiger partial charge in [-0.25, -0.2) is 4.98 Å². The number of nitrogens with zero attached hydrogens (tertiary/aromatic N) is 2. The van der Waals surface area contributed by atoms with Gasteiger partial charge < -0.3 is 10.6 Å². The molecule has 6 nitrogen and oxygen atoms in total. The van der Waals surface area contributed by atoms with E-state index in [4.69, 9.17) is 0 Å². The smallest absolute Gasteiger partial charge is 0.311 e. The van der Waals surface area contributed by atoms with Gasteiger partial charge in [0, 0.05) is 19.2 Å². The maximum atomic E-state index is 11.2. The van der Waals surface area contributed by atoms with E-state index in [-0.39, 0.29) is 16.7 Å². The van der Waals surface area contributed by atoms with Crippen molar-refractivity contribution in [1.29, 1.82) is 0 Å². The molecule has 0 saturated heterocycles. The normalized spacial score (nSPS) is 17.2. The highest BCUT2D eigenvalue weighted by atomic mass is 16.6. The van der Waals surface area contributed by atoms with Gasteiger partial charge >= 0.3 is 5.69 Å². The van der Waals surface area contributed by atoms with Crippen LogP contribution in [0.2, 0.25) is 0 Å². The van der Waals surface area contributed by atoms with E-state index in [0.29, 0.717) is 17.6 Å². The Morgan fingerprint density at radius 1 is 1.38 bits per heavy atom. The summed E-state index contributed by atoms with van der Waals surface area (Å²) in [6.07, 6.45) is 7.17. The monoisotopic (exact) mass is 292 g/mol. The molecule has 6 heteroatoms. The van der Waals surface area contributed by atoms with Crippen molar-refractivity contribution in [3.8, 4) is 0 Å². The maximum absolute atomic E-state index is 11.2. The summed E-state index contributed by atoms with van der Waals surface area (Å²) in [5, 5.41) is 17.4. The zero-order chi connectivity index (χ0) is 15.2. The number of anilines is 2. The summed E-state index contributed by atoms with van der Waals surface area (Å²) in [6.45, 7) is 2.13. The minimum Gasteiger partial charge on any atom is -0.373 e. The molecule has 0 aliphatic heterocycles. The predicted octanol–water partition coefficient (Wildman–Crippen LogP) is 3.80. The van der Waals surface area contributed by atoms with Crippen LogP contribution in [0.15, 0.2) is 12.1 Å². The Labute approximate surface area is 125 Å². The van der Waals surface area contributed by atoms with E-state index in [9.17, 15) is 10.1 Å². The van der Waals surface area contributed by atoms with E-state index in [0.717, 1.165) is 6.42 Å². The molecular formula is C15H24N4O2. The number of nitrogens with one attached hydrogen (secondary N) is 2. The van der Waals surface area contributed by atoms with Crippen LogP contribution in [0.3, 0.4) is 0 Å². The van der Waals surface area contributed by atoms with E-state index in [1.807, 2.05) is 0 Å². The highest BCUT2D eigenvalue weighted by molar-refractivity contribution is 5.60. The SMILES string of the molecule is CCC(Nc1nc(NC)ccc1[N+](=O)[O-])C1CCCCC1. The molecule has 0 amide bonds. The maximum Gasteiger partial charge on any atom is 0.311 e. The highest BCUT2D eigenvalue weighted by Crippen LogP contribution is 2.32. The van der Waals surface area contributed by atoms with Crippen LogP contribution in [0.4, 0.5) is 17.3 Å². The van der Waals surface area contributed by atoms with Crippen molar-refractivity contribution in [2.24, 2.45) is 5.92 Å². The number of aromatic nitrogens is 1. The molecule has 1 aromatic heterocycles. The molecule has 116 valence electrons. The van der Waals surface area contributed by atoms with Crippen molar-refractivity contribution >= 4 is 17.3 Å². The molecule has 0 aromatic carbocycles. The van der Waals surface area contributed by atoms with Crippen LogP contribution in [0.25, 0.3) is 0 Å². The molecule has 21 heavy (non-hydrogen) atoms. The first-order valence-electron chi connectivity index (χ1n) is 7.75. The summed E-state index contributed by atoms with van der Waals surface area (Å²) in [5.74, 6) is 1.61. The lowest BCUT2D eigenvalue weighted by Gasteiger charge is -2.30. The Morgan fingerprint density at radius 3 is 2.67 bits per heavy atom. The van der Waals surface area contributed by atoms with Crippen LogP contribution in [0.5, 0.6) is 0 Å². The van der Waals surface area contributed by atoms with E-state index < -0.39 is 0 Å². The molecule has 2 rings (SSSR count). The highest BCUT2D eigenvalue weighted by Gasteiger charge is 2.25. The Bertz CT molecular complexity index is 487. The van der Waals surface area contributed by atoms with E-state index in [1.54, 1.807) is 13.1 Å². The van der Waals surface area contributed by atoms with Gasteiger partial charge in [-0.05, 0) is 31.2 Å². The van der Waals surface area contributed by atoms with Crippen LogP contribution < -0.4 is 10.6 Å². The summed E-state index contributed by atoms with van der Waals surface area (Å²) >= 11 is 0. The standard InChI is InChI=1S/C15H24N4O2/c1-3-12(11-7-5-4-6-8-11)17-15-13(19(20)21)9-10-14(16-2)18-15/h9-12H,3-8H2,1-2H3,(H2,16,17,18). The van der Waals surface area contributed by atoms with Gasteiger partial charge in [-0.3, -0.25) is 10.1 Å². The van der Waals surface area contributed by atoms with Crippen molar-refractivity contribution in [1.82, 2.24) is 4.98 Å². The molecule has 1 heterocycles. The lowest BCUT2D eigenvalue weighted by Crippen LogP contribution is -2.30. The molecular weight excluding hydrogens is 268 g/mol. The molecule has 0 radical (unpaired) electrons. The number of hydrogen-bond donors (Lipinski definition) is 2. The lowest BCUT2D eigenvalue weighted by molar-refractivity contribution is -0.384. The van der Waals surface area contributed by atoms with Crippen molar-refractivity contribution in [3.63, 3.8) is 0 Å². The van der Waals surface area contributed by atoms with Crippen molar-refractivity contribution in [3.05, 3.63) is 22.2 Å². The fourth-order valence-electron chi connectivity index (χ4n) is 3.11. The lowest BCUT2D eigenvalue weighted by atomic mass is 9.83. The van der Waals surface area contributed by atoms with Gasteiger partial charge in [-0.15, -0.1) is 0 Å². The van der Waals surface area contributed by atoms with Crippen molar-refractivity contribution < 1.29 is 4.92 Å². The van der Waals surface area contributed by atoms with Gasteiger partial charge in [0.2, 0.25) is 5.82 Å². The number of hydrogen-bond acceptors (Lipinski definition) is 5. The van der Waals surface area contributed by atoms with E-state index in [2.05, 4.69) is 22.5 Å². The third-order valence-corrected chi connectivity index (χ3v) is 4.31. The molecule has 1 atom stereocenters. The molecule has 1 fully saturated rings. The average Bonchev–Trinajstić information content (AvgIpc) is 2.53. The van der Waals surface area contributed by atoms with Gasteiger partial charge in [0.05, 0.1) is 4.92 Å². The molecule has 0 bridgehead atoms. The molecule has 2 N–H and O–H groups in total. The third kappa shape index (κ3) is 3.83. The average molecular weight is 292 g/mol. The fraction of sp³-hybridized carbons (Fsp3) is 0.667. The predicted molar refractivity (Wildman–Crippen MR) is 84.7 cm³/mol. The first-order chi connectivity index (χ1) is 10.2. The Morgan fingerprint density at radius 2 is 2.10 bits per heavy atom. The first-order valence-corrected chi connectivity index (χ1v) is 7.75. The minimum atomic E-state index is -0.373. The zero-order valence-electron chi connectivity index (χ0n) is 12.8. The van der Waals surface area contributed by atoms with Crippen LogP contribution in [-0.2, 0) is 0 Å². The second-order valence-corrected chi connectivity index (χ2v) is 5.63. The van der Waals surface area contributed by atoms with Gasteiger partial charge in [0.1, 0.15) is 5.82 Å². The minimum absolute atomic E-state index is 0.0447. The molecule has 0 spiro atoms. The largest absolute Gasteiger partial charge is 0.373 e. The Hall–Kier alpha value is -1.85. The summed E-state index contributed by atoms with van der Waals surface area (Å²) in [4.78, 5) is 15.1.